The van der Waals surface area contributed by atoms with Gasteiger partial charge >= 0.3 is 6.18 Å². The van der Waals surface area contributed by atoms with E-state index < -0.39 is 41.5 Å². The minimum atomic E-state index is -4.68. The summed E-state index contributed by atoms with van der Waals surface area (Å²) < 4.78 is 51.3. The van der Waals surface area contributed by atoms with Crippen molar-refractivity contribution in [2.75, 3.05) is 6.54 Å². The molecule has 0 saturated carbocycles. The van der Waals surface area contributed by atoms with E-state index in [9.17, 15) is 27.2 Å². The van der Waals surface area contributed by atoms with Crippen LogP contribution in [0.3, 0.4) is 0 Å². The van der Waals surface area contributed by atoms with Gasteiger partial charge in [-0.2, -0.15) is 18.3 Å². The number of halogens is 4. The Morgan fingerprint density at radius 2 is 1.69 bits per heavy atom. The fourth-order valence-corrected chi connectivity index (χ4v) is 1.95. The summed E-state index contributed by atoms with van der Waals surface area (Å²) in [4.78, 5) is 23.5. The second kappa shape index (κ2) is 8.24. The SMILES string of the molecule is O=C(CNC(=O)c1ccccc1C(F)(F)F)N/N=C\c1ccc(F)cc1. The largest absolute Gasteiger partial charge is 0.417 e. The first-order valence-electron chi connectivity index (χ1n) is 7.29. The van der Waals surface area contributed by atoms with E-state index in [0.717, 1.165) is 18.2 Å². The Hall–Kier alpha value is -3.23. The lowest BCUT2D eigenvalue weighted by Gasteiger charge is -2.12. The van der Waals surface area contributed by atoms with Gasteiger partial charge in [0, 0.05) is 0 Å². The highest BCUT2D eigenvalue weighted by molar-refractivity contribution is 5.98. The molecule has 2 rings (SSSR count). The van der Waals surface area contributed by atoms with Gasteiger partial charge in [-0.25, -0.2) is 9.82 Å². The summed E-state index contributed by atoms with van der Waals surface area (Å²) in [6.07, 6.45) is -3.44. The van der Waals surface area contributed by atoms with Crippen molar-refractivity contribution in [2.24, 2.45) is 5.10 Å². The first kappa shape index (κ1) is 19.1. The highest BCUT2D eigenvalue weighted by Gasteiger charge is 2.34. The summed E-state index contributed by atoms with van der Waals surface area (Å²) in [5, 5.41) is 5.69. The lowest BCUT2D eigenvalue weighted by molar-refractivity contribution is -0.137. The molecular formula is C17H13F4N3O2. The van der Waals surface area contributed by atoms with Gasteiger partial charge in [-0.15, -0.1) is 0 Å². The standard InChI is InChI=1S/C17H13F4N3O2/c18-12-7-5-11(6-8-12)9-23-24-15(25)10-22-16(26)13-3-1-2-4-14(13)17(19,20)21/h1-9H,10H2,(H,22,26)(H,24,25)/b23-9-. The molecule has 0 aliphatic rings. The summed E-state index contributed by atoms with van der Waals surface area (Å²) in [5.74, 6) is -2.19. The lowest BCUT2D eigenvalue weighted by atomic mass is 10.1. The third-order valence-electron chi connectivity index (χ3n) is 3.16. The average Bonchev–Trinajstić information content (AvgIpc) is 2.60. The van der Waals surface area contributed by atoms with E-state index >= 15 is 0 Å². The molecule has 0 heterocycles. The molecule has 0 spiro atoms. The number of nitrogens with zero attached hydrogens (tertiary/aromatic N) is 1. The van der Waals surface area contributed by atoms with Crippen LogP contribution in [0.4, 0.5) is 17.6 Å². The van der Waals surface area contributed by atoms with Gasteiger partial charge in [0.2, 0.25) is 0 Å². The Labute approximate surface area is 145 Å². The van der Waals surface area contributed by atoms with Gasteiger partial charge in [-0.05, 0) is 29.8 Å². The van der Waals surface area contributed by atoms with E-state index in [-0.39, 0.29) is 0 Å². The zero-order valence-corrected chi connectivity index (χ0v) is 13.2. The zero-order chi connectivity index (χ0) is 19.2. The zero-order valence-electron chi connectivity index (χ0n) is 13.2. The Morgan fingerprint density at radius 1 is 1.04 bits per heavy atom. The molecule has 0 bridgehead atoms. The normalized spacial score (nSPS) is 11.4. The molecular weight excluding hydrogens is 354 g/mol. The number of benzene rings is 2. The summed E-state index contributed by atoms with van der Waals surface area (Å²) in [5.41, 5.74) is 0.949. The fraction of sp³-hybridized carbons (Fsp3) is 0.118. The topological polar surface area (TPSA) is 70.6 Å². The van der Waals surface area contributed by atoms with Gasteiger partial charge in [0.05, 0.1) is 23.9 Å². The maximum atomic E-state index is 12.9. The summed E-state index contributed by atoms with van der Waals surface area (Å²) in [7, 11) is 0. The monoisotopic (exact) mass is 367 g/mol. The van der Waals surface area contributed by atoms with Crippen molar-refractivity contribution in [3.05, 3.63) is 71.0 Å². The second-order valence-electron chi connectivity index (χ2n) is 5.07. The van der Waals surface area contributed by atoms with Gasteiger partial charge in [-0.1, -0.05) is 24.3 Å². The smallest absolute Gasteiger partial charge is 0.343 e. The molecule has 2 N–H and O–H groups in total. The van der Waals surface area contributed by atoms with E-state index in [2.05, 4.69) is 15.8 Å². The van der Waals surface area contributed by atoms with Gasteiger partial charge in [0.25, 0.3) is 11.8 Å². The first-order valence-corrected chi connectivity index (χ1v) is 7.29. The van der Waals surface area contributed by atoms with Gasteiger partial charge in [-0.3, -0.25) is 9.59 Å². The number of amides is 2. The van der Waals surface area contributed by atoms with Gasteiger partial charge in [0.1, 0.15) is 5.82 Å². The van der Waals surface area contributed by atoms with Gasteiger partial charge in [0.15, 0.2) is 0 Å². The molecule has 0 radical (unpaired) electrons. The van der Waals surface area contributed by atoms with Crippen molar-refractivity contribution in [1.82, 2.24) is 10.7 Å². The maximum Gasteiger partial charge on any atom is 0.417 e. The molecule has 9 heteroatoms. The van der Waals surface area contributed by atoms with Crippen LogP contribution < -0.4 is 10.7 Å². The molecule has 0 fully saturated rings. The number of hydrazone groups is 1. The Kier molecular flexibility index (Phi) is 6.05. The Bertz CT molecular complexity index is 818. The van der Waals surface area contributed by atoms with E-state index in [1.807, 2.05) is 0 Å². The van der Waals surface area contributed by atoms with Crippen molar-refractivity contribution < 1.29 is 27.2 Å². The van der Waals surface area contributed by atoms with E-state index in [0.29, 0.717) is 5.56 Å². The molecule has 0 saturated heterocycles. The van der Waals surface area contributed by atoms with Gasteiger partial charge < -0.3 is 5.32 Å². The fourth-order valence-electron chi connectivity index (χ4n) is 1.95. The Balaban J connectivity index is 1.89. The number of rotatable bonds is 5. The van der Waals surface area contributed by atoms with Crippen molar-refractivity contribution >= 4 is 18.0 Å². The van der Waals surface area contributed by atoms with Crippen LogP contribution in [0.5, 0.6) is 0 Å². The van der Waals surface area contributed by atoms with Crippen LogP contribution in [0.15, 0.2) is 53.6 Å². The van der Waals surface area contributed by atoms with Crippen LogP contribution in [-0.2, 0) is 11.0 Å². The first-order chi connectivity index (χ1) is 12.3. The molecule has 0 aliphatic carbocycles. The van der Waals surface area contributed by atoms with Crippen molar-refractivity contribution in [1.29, 1.82) is 0 Å². The van der Waals surface area contributed by atoms with Crippen LogP contribution in [0.1, 0.15) is 21.5 Å². The minimum absolute atomic E-state index is 0.423. The molecule has 26 heavy (non-hydrogen) atoms. The van der Waals surface area contributed by atoms with E-state index in [1.54, 1.807) is 0 Å². The molecule has 0 atom stereocenters. The molecule has 5 nitrogen and oxygen atoms in total. The molecule has 2 aromatic rings. The highest BCUT2D eigenvalue weighted by atomic mass is 19.4. The van der Waals surface area contributed by atoms with Crippen LogP contribution in [0, 0.1) is 5.82 Å². The molecule has 0 aliphatic heterocycles. The average molecular weight is 367 g/mol. The number of hydrogen-bond donors (Lipinski definition) is 2. The number of nitrogens with one attached hydrogen (secondary N) is 2. The summed E-state index contributed by atoms with van der Waals surface area (Å²) in [6.45, 7) is -0.564. The van der Waals surface area contributed by atoms with Crippen LogP contribution in [0.25, 0.3) is 0 Å². The van der Waals surface area contributed by atoms with E-state index in [4.69, 9.17) is 0 Å². The number of hydrogen-bond acceptors (Lipinski definition) is 3. The predicted molar refractivity (Wildman–Crippen MR) is 85.9 cm³/mol. The third kappa shape index (κ3) is 5.40. The maximum absolute atomic E-state index is 12.9. The number of carbonyl (C=O) groups excluding carboxylic acids is 2. The minimum Gasteiger partial charge on any atom is -0.343 e. The van der Waals surface area contributed by atoms with Crippen LogP contribution in [0.2, 0.25) is 0 Å². The second-order valence-corrected chi connectivity index (χ2v) is 5.07. The highest BCUT2D eigenvalue weighted by Crippen LogP contribution is 2.31. The molecule has 2 amide bonds. The summed E-state index contributed by atoms with van der Waals surface area (Å²) in [6, 6.07) is 9.53. The summed E-state index contributed by atoms with van der Waals surface area (Å²) >= 11 is 0. The van der Waals surface area contributed by atoms with Crippen molar-refractivity contribution in [3.63, 3.8) is 0 Å². The lowest BCUT2D eigenvalue weighted by Crippen LogP contribution is -2.35. The number of carbonyl (C=O) groups is 2. The van der Waals surface area contributed by atoms with Crippen molar-refractivity contribution in [3.8, 4) is 0 Å². The molecule has 0 unspecified atom stereocenters. The number of alkyl halides is 3. The molecule has 136 valence electrons. The quantitative estimate of drug-likeness (QED) is 0.485. The predicted octanol–water partition coefficient (Wildman–Crippen LogP) is 2.72. The van der Waals surface area contributed by atoms with Crippen molar-refractivity contribution in [2.45, 2.75) is 6.18 Å². The molecule has 2 aromatic carbocycles. The van der Waals surface area contributed by atoms with Crippen LogP contribution in [-0.4, -0.2) is 24.6 Å². The van der Waals surface area contributed by atoms with E-state index in [1.165, 1.54) is 36.5 Å². The molecule has 0 aromatic heterocycles. The third-order valence-corrected chi connectivity index (χ3v) is 3.16. The van der Waals surface area contributed by atoms with Crippen LogP contribution >= 0.6 is 0 Å². The Morgan fingerprint density at radius 3 is 2.35 bits per heavy atom.